The number of anilines is 1. The highest BCUT2D eigenvalue weighted by Crippen LogP contribution is 2.37. The Morgan fingerprint density at radius 3 is 2.50 bits per heavy atom. The van der Waals surface area contributed by atoms with Crippen LogP contribution < -0.4 is 4.90 Å². The highest BCUT2D eigenvalue weighted by molar-refractivity contribution is 6.30. The van der Waals surface area contributed by atoms with Gasteiger partial charge in [0.15, 0.2) is 0 Å². The molecule has 0 radical (unpaired) electrons. The van der Waals surface area contributed by atoms with E-state index in [1.54, 1.807) is 0 Å². The Balaban J connectivity index is 1.77. The summed E-state index contributed by atoms with van der Waals surface area (Å²) in [5.74, 6) is 1.01. The summed E-state index contributed by atoms with van der Waals surface area (Å²) in [5.41, 5.74) is 1.22. The van der Waals surface area contributed by atoms with Crippen LogP contribution in [0.25, 0.3) is 0 Å². The van der Waals surface area contributed by atoms with Gasteiger partial charge in [0.1, 0.15) is 0 Å². The predicted octanol–water partition coefficient (Wildman–Crippen LogP) is 4.64. The second-order valence-corrected chi connectivity index (χ2v) is 6.58. The van der Waals surface area contributed by atoms with Crippen molar-refractivity contribution in [2.75, 3.05) is 11.4 Å². The smallest absolute Gasteiger partial charge is 0.0683 e. The van der Waals surface area contributed by atoms with Crippen molar-refractivity contribution in [2.24, 2.45) is 11.8 Å². The zero-order chi connectivity index (χ0) is 13.9. The van der Waals surface area contributed by atoms with Crippen molar-refractivity contribution in [3.05, 3.63) is 29.3 Å². The van der Waals surface area contributed by atoms with Crippen molar-refractivity contribution in [3.8, 4) is 6.07 Å². The lowest BCUT2D eigenvalue weighted by atomic mass is 9.91. The highest BCUT2D eigenvalue weighted by Gasteiger charge is 2.36. The molecule has 2 aliphatic rings. The molecule has 1 heterocycles. The zero-order valence-electron chi connectivity index (χ0n) is 11.8. The SMILES string of the molecule is N#CC1CCN(c2ccc(Cl)cc2)C1CC1CCCC1. The third-order valence-corrected chi connectivity index (χ3v) is 5.17. The van der Waals surface area contributed by atoms with E-state index < -0.39 is 0 Å². The number of hydrogen-bond donors (Lipinski definition) is 0. The lowest BCUT2D eigenvalue weighted by Gasteiger charge is -2.30. The molecule has 2 unspecified atom stereocenters. The molecule has 1 aliphatic carbocycles. The van der Waals surface area contributed by atoms with Crippen molar-refractivity contribution >= 4 is 17.3 Å². The zero-order valence-corrected chi connectivity index (χ0v) is 12.5. The van der Waals surface area contributed by atoms with E-state index in [9.17, 15) is 5.26 Å². The number of nitrogens with zero attached hydrogens (tertiary/aromatic N) is 2. The van der Waals surface area contributed by atoms with E-state index in [1.165, 1.54) is 37.8 Å². The molecule has 0 N–H and O–H groups in total. The summed E-state index contributed by atoms with van der Waals surface area (Å²) in [6.45, 7) is 0.997. The van der Waals surface area contributed by atoms with Gasteiger partial charge < -0.3 is 4.90 Å². The standard InChI is InChI=1S/C17H21ClN2/c18-15-5-7-16(8-6-15)20-10-9-14(12-19)17(20)11-13-3-1-2-4-13/h5-8,13-14,17H,1-4,9-11H2. The molecule has 0 spiro atoms. The van der Waals surface area contributed by atoms with Crippen LogP contribution in [0, 0.1) is 23.2 Å². The van der Waals surface area contributed by atoms with E-state index in [4.69, 9.17) is 11.6 Å². The Bertz CT molecular complexity index is 485. The number of nitriles is 1. The molecule has 0 bridgehead atoms. The summed E-state index contributed by atoms with van der Waals surface area (Å²) in [6.07, 6.45) is 7.62. The van der Waals surface area contributed by atoms with E-state index in [1.807, 2.05) is 12.1 Å². The first-order valence-corrected chi connectivity index (χ1v) is 8.07. The number of benzene rings is 1. The summed E-state index contributed by atoms with van der Waals surface area (Å²) in [6, 6.07) is 11.0. The Hall–Kier alpha value is -1.20. The molecular formula is C17H21ClN2. The first-order valence-electron chi connectivity index (χ1n) is 7.70. The maximum atomic E-state index is 9.42. The quantitative estimate of drug-likeness (QED) is 0.810. The third-order valence-electron chi connectivity index (χ3n) is 4.92. The van der Waals surface area contributed by atoms with E-state index >= 15 is 0 Å². The topological polar surface area (TPSA) is 27.0 Å². The van der Waals surface area contributed by atoms with Gasteiger partial charge in [0.2, 0.25) is 0 Å². The van der Waals surface area contributed by atoms with Gasteiger partial charge in [-0.3, -0.25) is 0 Å². The van der Waals surface area contributed by atoms with Crippen LogP contribution in [0.5, 0.6) is 0 Å². The van der Waals surface area contributed by atoms with Crippen molar-refractivity contribution in [3.63, 3.8) is 0 Å². The van der Waals surface area contributed by atoms with Crippen molar-refractivity contribution in [1.29, 1.82) is 5.26 Å². The normalized spacial score (nSPS) is 26.9. The van der Waals surface area contributed by atoms with Crippen LogP contribution in [-0.2, 0) is 0 Å². The number of rotatable bonds is 3. The van der Waals surface area contributed by atoms with E-state index in [2.05, 4.69) is 23.1 Å². The van der Waals surface area contributed by atoms with Crippen molar-refractivity contribution < 1.29 is 0 Å². The second-order valence-electron chi connectivity index (χ2n) is 6.15. The highest BCUT2D eigenvalue weighted by atomic mass is 35.5. The molecule has 1 saturated heterocycles. The number of hydrogen-bond acceptors (Lipinski definition) is 2. The monoisotopic (exact) mass is 288 g/mol. The van der Waals surface area contributed by atoms with Crippen molar-refractivity contribution in [2.45, 2.75) is 44.6 Å². The molecule has 106 valence electrons. The molecule has 3 heteroatoms. The maximum Gasteiger partial charge on any atom is 0.0683 e. The van der Waals surface area contributed by atoms with E-state index in [0.717, 1.165) is 23.9 Å². The molecule has 2 fully saturated rings. The second kappa shape index (κ2) is 6.06. The molecule has 1 aromatic rings. The minimum atomic E-state index is 0.186. The van der Waals surface area contributed by atoms with Crippen molar-refractivity contribution in [1.82, 2.24) is 0 Å². The van der Waals surface area contributed by atoms with Gasteiger partial charge in [-0.1, -0.05) is 37.3 Å². The Labute approximate surface area is 126 Å². The first kappa shape index (κ1) is 13.8. The largest absolute Gasteiger partial charge is 0.367 e. The average molecular weight is 289 g/mol. The summed E-state index contributed by atoms with van der Waals surface area (Å²) >= 11 is 5.98. The lowest BCUT2D eigenvalue weighted by molar-refractivity contribution is 0.411. The van der Waals surface area contributed by atoms with Crippen LogP contribution in [0.2, 0.25) is 5.02 Å². The Morgan fingerprint density at radius 2 is 1.85 bits per heavy atom. The Morgan fingerprint density at radius 1 is 1.15 bits per heavy atom. The molecule has 20 heavy (non-hydrogen) atoms. The minimum Gasteiger partial charge on any atom is -0.367 e. The number of halogens is 1. The minimum absolute atomic E-state index is 0.186. The molecule has 1 saturated carbocycles. The van der Waals surface area contributed by atoms with Gasteiger partial charge >= 0.3 is 0 Å². The van der Waals surface area contributed by atoms with E-state index in [0.29, 0.717) is 6.04 Å². The molecule has 0 aromatic heterocycles. The average Bonchev–Trinajstić information content (AvgIpc) is 3.10. The van der Waals surface area contributed by atoms with Crippen LogP contribution in [0.3, 0.4) is 0 Å². The van der Waals surface area contributed by atoms with Crippen LogP contribution >= 0.6 is 11.6 Å². The van der Waals surface area contributed by atoms with Gasteiger partial charge in [0, 0.05) is 23.3 Å². The van der Waals surface area contributed by atoms with Gasteiger partial charge in [-0.15, -0.1) is 0 Å². The fraction of sp³-hybridized carbons (Fsp3) is 0.588. The summed E-state index contributed by atoms with van der Waals surface area (Å²) in [5, 5.41) is 10.2. The molecule has 2 nitrogen and oxygen atoms in total. The van der Waals surface area contributed by atoms with Gasteiger partial charge in [0.05, 0.1) is 12.0 Å². The van der Waals surface area contributed by atoms with Gasteiger partial charge in [-0.25, -0.2) is 0 Å². The molecule has 2 atom stereocenters. The summed E-state index contributed by atoms with van der Waals surface area (Å²) in [7, 11) is 0. The fourth-order valence-electron chi connectivity index (χ4n) is 3.84. The summed E-state index contributed by atoms with van der Waals surface area (Å²) < 4.78 is 0. The molecule has 1 aromatic carbocycles. The molecule has 0 amide bonds. The fourth-order valence-corrected chi connectivity index (χ4v) is 3.96. The molecule has 3 rings (SSSR count). The first-order chi connectivity index (χ1) is 9.78. The summed E-state index contributed by atoms with van der Waals surface area (Å²) in [4.78, 5) is 2.43. The third kappa shape index (κ3) is 2.79. The van der Waals surface area contributed by atoms with Gasteiger partial charge in [0.25, 0.3) is 0 Å². The van der Waals surface area contributed by atoms with Crippen LogP contribution in [-0.4, -0.2) is 12.6 Å². The predicted molar refractivity (Wildman–Crippen MR) is 82.9 cm³/mol. The maximum absolute atomic E-state index is 9.42. The lowest BCUT2D eigenvalue weighted by Crippen LogP contribution is -2.34. The van der Waals surface area contributed by atoms with Gasteiger partial charge in [-0.05, 0) is 43.0 Å². The van der Waals surface area contributed by atoms with Crippen LogP contribution in [0.4, 0.5) is 5.69 Å². The van der Waals surface area contributed by atoms with E-state index in [-0.39, 0.29) is 5.92 Å². The van der Waals surface area contributed by atoms with Crippen LogP contribution in [0.1, 0.15) is 38.5 Å². The van der Waals surface area contributed by atoms with Gasteiger partial charge in [-0.2, -0.15) is 5.26 Å². The Kier molecular flexibility index (Phi) is 4.17. The molecular weight excluding hydrogens is 268 g/mol. The molecule has 1 aliphatic heterocycles. The van der Waals surface area contributed by atoms with Crippen LogP contribution in [0.15, 0.2) is 24.3 Å².